The molecule has 0 fully saturated rings. The van der Waals surface area contributed by atoms with Gasteiger partial charge in [-0.3, -0.25) is 0 Å². The van der Waals surface area contributed by atoms with Gasteiger partial charge in [-0.25, -0.2) is 0 Å². The summed E-state index contributed by atoms with van der Waals surface area (Å²) >= 11 is 0. The molecule has 0 aromatic carbocycles. The molecule has 9 heavy (non-hydrogen) atoms. The van der Waals surface area contributed by atoms with E-state index >= 15 is 0 Å². The van der Waals surface area contributed by atoms with E-state index in [1.54, 1.807) is 6.08 Å². The summed E-state index contributed by atoms with van der Waals surface area (Å²) in [5.74, 6) is 0. The van der Waals surface area contributed by atoms with Gasteiger partial charge in [0.05, 0.1) is 12.2 Å². The van der Waals surface area contributed by atoms with E-state index in [1.165, 1.54) is 6.08 Å². The normalized spacial score (nSPS) is 43.2. The molecule has 0 heterocycles. The largest absolute Gasteiger partial charge is 0.390 e. The second-order valence-corrected chi connectivity index (χ2v) is 2.34. The molecule has 52 valence electrons. The Morgan fingerprint density at radius 2 is 2.00 bits per heavy atom. The van der Waals surface area contributed by atoms with Crippen molar-refractivity contribution < 1.29 is 10.2 Å². The third kappa shape index (κ3) is 1.51. The molecule has 3 heteroatoms. The first-order valence-electron chi connectivity index (χ1n) is 3.00. The number of hydrogen-bond acceptors (Lipinski definition) is 3. The lowest BCUT2D eigenvalue weighted by Gasteiger charge is -2.21. The summed E-state index contributed by atoms with van der Waals surface area (Å²) in [4.78, 5) is 0. The van der Waals surface area contributed by atoms with E-state index in [0.717, 1.165) is 0 Å². The molecule has 3 nitrogen and oxygen atoms in total. The zero-order chi connectivity index (χ0) is 6.85. The lowest BCUT2D eigenvalue weighted by atomic mass is 9.99. The zero-order valence-electron chi connectivity index (χ0n) is 5.07. The van der Waals surface area contributed by atoms with Crippen LogP contribution < -0.4 is 5.73 Å². The minimum atomic E-state index is -0.718. The molecule has 3 unspecified atom stereocenters. The van der Waals surface area contributed by atoms with Crippen LogP contribution in [0.3, 0.4) is 0 Å². The minimum absolute atomic E-state index is 0.0941. The second kappa shape index (κ2) is 2.47. The minimum Gasteiger partial charge on any atom is -0.390 e. The van der Waals surface area contributed by atoms with Crippen LogP contribution >= 0.6 is 0 Å². The topological polar surface area (TPSA) is 66.5 Å². The fourth-order valence-electron chi connectivity index (χ4n) is 0.882. The van der Waals surface area contributed by atoms with Gasteiger partial charge in [-0.15, -0.1) is 0 Å². The average Bonchev–Trinajstić information content (AvgIpc) is 1.80. The van der Waals surface area contributed by atoms with E-state index in [1.807, 2.05) is 0 Å². The molecule has 1 aliphatic carbocycles. The maximum atomic E-state index is 8.97. The lowest BCUT2D eigenvalue weighted by Crippen LogP contribution is -2.35. The number of nitrogens with two attached hydrogens (primary N) is 1. The molecule has 0 spiro atoms. The number of rotatable bonds is 0. The van der Waals surface area contributed by atoms with Crippen molar-refractivity contribution in [3.63, 3.8) is 0 Å². The molecule has 0 saturated carbocycles. The average molecular weight is 129 g/mol. The fraction of sp³-hybridized carbons (Fsp3) is 0.667. The molecule has 4 N–H and O–H groups in total. The molecular weight excluding hydrogens is 118 g/mol. The van der Waals surface area contributed by atoms with Gasteiger partial charge in [0.1, 0.15) is 0 Å². The Morgan fingerprint density at radius 1 is 1.33 bits per heavy atom. The first kappa shape index (κ1) is 6.74. The molecule has 0 saturated heterocycles. The van der Waals surface area contributed by atoms with Gasteiger partial charge in [0.2, 0.25) is 0 Å². The Labute approximate surface area is 53.8 Å². The Balaban J connectivity index is 2.54. The molecule has 3 atom stereocenters. The molecule has 1 aliphatic rings. The molecule has 0 amide bonds. The smallest absolute Gasteiger partial charge is 0.0981 e. The third-order valence-electron chi connectivity index (χ3n) is 1.46. The summed E-state index contributed by atoms with van der Waals surface area (Å²) in [6.07, 6.45) is 2.29. The number of aliphatic hydroxyl groups is 2. The monoisotopic (exact) mass is 129 g/mol. The van der Waals surface area contributed by atoms with Crippen LogP contribution in [0.5, 0.6) is 0 Å². The van der Waals surface area contributed by atoms with Gasteiger partial charge in [-0.2, -0.15) is 0 Å². The molecule has 0 radical (unpaired) electrons. The van der Waals surface area contributed by atoms with Crippen molar-refractivity contribution >= 4 is 0 Å². The summed E-state index contributed by atoms with van der Waals surface area (Å²) in [6.45, 7) is 0. The van der Waals surface area contributed by atoms with Crippen molar-refractivity contribution in [1.82, 2.24) is 0 Å². The van der Waals surface area contributed by atoms with Crippen molar-refractivity contribution in [2.75, 3.05) is 0 Å². The summed E-state index contributed by atoms with van der Waals surface area (Å²) < 4.78 is 0. The van der Waals surface area contributed by atoms with Gasteiger partial charge < -0.3 is 15.9 Å². The van der Waals surface area contributed by atoms with Crippen LogP contribution in [0.1, 0.15) is 6.42 Å². The number of aliphatic hydroxyl groups excluding tert-OH is 2. The quantitative estimate of drug-likeness (QED) is 0.367. The summed E-state index contributed by atoms with van der Waals surface area (Å²) in [5, 5.41) is 17.9. The first-order valence-corrected chi connectivity index (χ1v) is 3.00. The molecule has 0 aromatic rings. The zero-order valence-corrected chi connectivity index (χ0v) is 5.07. The van der Waals surface area contributed by atoms with Crippen molar-refractivity contribution in [1.29, 1.82) is 0 Å². The second-order valence-electron chi connectivity index (χ2n) is 2.34. The highest BCUT2D eigenvalue weighted by atomic mass is 16.3. The van der Waals surface area contributed by atoms with Crippen molar-refractivity contribution in [2.24, 2.45) is 5.73 Å². The van der Waals surface area contributed by atoms with Crippen molar-refractivity contribution in [3.05, 3.63) is 12.2 Å². The van der Waals surface area contributed by atoms with Crippen molar-refractivity contribution in [3.8, 4) is 0 Å². The van der Waals surface area contributed by atoms with E-state index in [9.17, 15) is 0 Å². The van der Waals surface area contributed by atoms with Crippen LogP contribution in [0.15, 0.2) is 12.2 Å². The first-order chi connectivity index (χ1) is 4.20. The summed E-state index contributed by atoms with van der Waals surface area (Å²) in [7, 11) is 0. The summed E-state index contributed by atoms with van der Waals surface area (Å²) in [6, 6.07) is -0.0941. The van der Waals surface area contributed by atoms with Crippen LogP contribution in [-0.2, 0) is 0 Å². The van der Waals surface area contributed by atoms with Crippen molar-refractivity contribution in [2.45, 2.75) is 24.7 Å². The van der Waals surface area contributed by atoms with E-state index < -0.39 is 12.2 Å². The third-order valence-corrected chi connectivity index (χ3v) is 1.46. The molecule has 1 rings (SSSR count). The fourth-order valence-corrected chi connectivity index (χ4v) is 0.882. The Kier molecular flexibility index (Phi) is 1.85. The lowest BCUT2D eigenvalue weighted by molar-refractivity contribution is 0.0356. The van der Waals surface area contributed by atoms with Crippen LogP contribution in [0.25, 0.3) is 0 Å². The Morgan fingerprint density at radius 3 is 2.44 bits per heavy atom. The van der Waals surface area contributed by atoms with Gasteiger partial charge in [0.25, 0.3) is 0 Å². The summed E-state index contributed by atoms with van der Waals surface area (Å²) in [5.41, 5.74) is 5.43. The van der Waals surface area contributed by atoms with Crippen LogP contribution in [0.4, 0.5) is 0 Å². The van der Waals surface area contributed by atoms with Gasteiger partial charge in [-0.1, -0.05) is 12.2 Å². The Hall–Kier alpha value is -0.380. The highest BCUT2D eigenvalue weighted by Crippen LogP contribution is 2.09. The highest BCUT2D eigenvalue weighted by Gasteiger charge is 2.19. The maximum absolute atomic E-state index is 8.97. The van der Waals surface area contributed by atoms with E-state index in [2.05, 4.69) is 0 Å². The van der Waals surface area contributed by atoms with Crippen LogP contribution in [0, 0.1) is 0 Å². The van der Waals surface area contributed by atoms with E-state index in [4.69, 9.17) is 15.9 Å². The molecule has 0 aromatic heterocycles. The number of hydrogen-bond donors (Lipinski definition) is 3. The van der Waals surface area contributed by atoms with E-state index in [0.29, 0.717) is 6.42 Å². The van der Waals surface area contributed by atoms with Gasteiger partial charge in [0, 0.05) is 6.04 Å². The molecule has 0 bridgehead atoms. The van der Waals surface area contributed by atoms with Crippen LogP contribution in [0.2, 0.25) is 0 Å². The van der Waals surface area contributed by atoms with Crippen LogP contribution in [-0.4, -0.2) is 28.5 Å². The SMILES string of the molecule is NC1C=CC(O)C(O)C1. The predicted molar refractivity (Wildman–Crippen MR) is 33.7 cm³/mol. The predicted octanol–water partition coefficient (Wildman–Crippen LogP) is -1.00. The van der Waals surface area contributed by atoms with E-state index in [-0.39, 0.29) is 6.04 Å². The molecular formula is C6H11NO2. The van der Waals surface area contributed by atoms with Gasteiger partial charge >= 0.3 is 0 Å². The molecule has 0 aliphatic heterocycles. The Bertz CT molecular complexity index is 124. The maximum Gasteiger partial charge on any atom is 0.0981 e. The van der Waals surface area contributed by atoms with Gasteiger partial charge in [0.15, 0.2) is 0 Å². The highest BCUT2D eigenvalue weighted by molar-refractivity contribution is 5.04. The van der Waals surface area contributed by atoms with Gasteiger partial charge in [-0.05, 0) is 6.42 Å². The standard InChI is InChI=1S/C6H11NO2/c7-4-1-2-5(8)6(9)3-4/h1-2,4-6,8-9H,3,7H2.